The summed E-state index contributed by atoms with van der Waals surface area (Å²) in [6.45, 7) is 0. The molecule has 0 atom stereocenters. The fourth-order valence-electron chi connectivity index (χ4n) is 3.83. The number of fused-ring (bicyclic) bond motifs is 1. The largest absolute Gasteiger partial charge is 0.493 e. The summed E-state index contributed by atoms with van der Waals surface area (Å²) in [6, 6.07) is 18.3. The van der Waals surface area contributed by atoms with Crippen LogP contribution in [0.4, 0.5) is 5.69 Å². The van der Waals surface area contributed by atoms with Gasteiger partial charge in [0.15, 0.2) is 17.3 Å². The normalized spacial score (nSPS) is 12.4. The number of carbonyl (C=O) groups is 2. The molecule has 29 heavy (non-hydrogen) atoms. The molecular weight excluding hydrogens is 366 g/mol. The SMILES string of the molecule is COc1cccc(-c2ccc(NC(=O)c3ccccc3)c3c2CCC3=O)c1OC. The zero-order valence-corrected chi connectivity index (χ0v) is 16.3. The van der Waals surface area contributed by atoms with Crippen LogP contribution >= 0.6 is 0 Å². The minimum atomic E-state index is -0.237. The Balaban J connectivity index is 1.79. The van der Waals surface area contributed by atoms with Crippen molar-refractivity contribution in [3.05, 3.63) is 77.4 Å². The summed E-state index contributed by atoms with van der Waals surface area (Å²) in [5, 5.41) is 2.90. The van der Waals surface area contributed by atoms with Crippen LogP contribution < -0.4 is 14.8 Å². The molecule has 5 nitrogen and oxygen atoms in total. The van der Waals surface area contributed by atoms with Gasteiger partial charge in [-0.2, -0.15) is 0 Å². The number of Topliss-reactive ketones (excluding diaryl/α,β-unsaturated/α-hetero) is 1. The average Bonchev–Trinajstić information content (AvgIpc) is 3.16. The quantitative estimate of drug-likeness (QED) is 0.686. The van der Waals surface area contributed by atoms with E-state index in [4.69, 9.17) is 9.47 Å². The number of ketones is 1. The summed E-state index contributed by atoms with van der Waals surface area (Å²) < 4.78 is 11.0. The standard InChI is InChI=1S/C24H21NO4/c1-28-21-10-6-9-18(23(21)29-2)16-11-13-19(22-17(16)12-14-20(22)26)25-24(27)15-7-4-3-5-8-15/h3-11,13H,12,14H2,1-2H3,(H,25,27). The van der Waals surface area contributed by atoms with Gasteiger partial charge in [-0.3, -0.25) is 9.59 Å². The zero-order chi connectivity index (χ0) is 20.4. The van der Waals surface area contributed by atoms with Crippen LogP contribution in [0.15, 0.2) is 60.7 Å². The lowest BCUT2D eigenvalue weighted by atomic mass is 9.94. The molecule has 3 aromatic rings. The summed E-state index contributed by atoms with van der Waals surface area (Å²) in [6.07, 6.45) is 1.05. The van der Waals surface area contributed by atoms with E-state index < -0.39 is 0 Å². The van der Waals surface area contributed by atoms with Gasteiger partial charge in [-0.15, -0.1) is 0 Å². The summed E-state index contributed by atoms with van der Waals surface area (Å²) in [7, 11) is 3.19. The second-order valence-corrected chi connectivity index (χ2v) is 6.80. The van der Waals surface area contributed by atoms with E-state index in [1.165, 1.54) is 0 Å². The smallest absolute Gasteiger partial charge is 0.255 e. The lowest BCUT2D eigenvalue weighted by Crippen LogP contribution is -2.14. The Morgan fingerprint density at radius 1 is 0.862 bits per heavy atom. The van der Waals surface area contributed by atoms with Crippen LogP contribution in [0.5, 0.6) is 11.5 Å². The molecule has 5 heteroatoms. The van der Waals surface area contributed by atoms with Crippen molar-refractivity contribution in [3.8, 4) is 22.6 Å². The van der Waals surface area contributed by atoms with Crippen molar-refractivity contribution in [3.63, 3.8) is 0 Å². The molecule has 146 valence electrons. The third-order valence-corrected chi connectivity index (χ3v) is 5.17. The van der Waals surface area contributed by atoms with Gasteiger partial charge < -0.3 is 14.8 Å². The first-order valence-electron chi connectivity index (χ1n) is 9.41. The minimum absolute atomic E-state index is 0.0343. The van der Waals surface area contributed by atoms with Crippen molar-refractivity contribution in [2.24, 2.45) is 0 Å². The van der Waals surface area contributed by atoms with Crippen LogP contribution in [0.2, 0.25) is 0 Å². The number of ether oxygens (including phenoxy) is 2. The number of hydrogen-bond donors (Lipinski definition) is 1. The number of hydrogen-bond acceptors (Lipinski definition) is 4. The summed E-state index contributed by atoms with van der Waals surface area (Å²) >= 11 is 0. The molecule has 1 aliphatic carbocycles. The van der Waals surface area contributed by atoms with E-state index in [-0.39, 0.29) is 11.7 Å². The average molecular weight is 387 g/mol. The van der Waals surface area contributed by atoms with Gasteiger partial charge in [0, 0.05) is 23.1 Å². The molecule has 0 heterocycles. The highest BCUT2D eigenvalue weighted by Gasteiger charge is 2.28. The molecule has 0 aromatic heterocycles. The first-order chi connectivity index (χ1) is 14.1. The fraction of sp³-hybridized carbons (Fsp3) is 0.167. The van der Waals surface area contributed by atoms with Gasteiger partial charge in [0.05, 0.1) is 19.9 Å². The summed E-state index contributed by atoms with van der Waals surface area (Å²) in [5.41, 5.74) is 4.37. The molecule has 0 radical (unpaired) electrons. The molecule has 0 spiro atoms. The Morgan fingerprint density at radius 3 is 2.38 bits per heavy atom. The van der Waals surface area contributed by atoms with Crippen molar-refractivity contribution < 1.29 is 19.1 Å². The number of para-hydroxylation sites is 1. The first kappa shape index (κ1) is 18.7. The highest BCUT2D eigenvalue weighted by atomic mass is 16.5. The van der Waals surface area contributed by atoms with Gasteiger partial charge in [-0.25, -0.2) is 0 Å². The van der Waals surface area contributed by atoms with Gasteiger partial charge >= 0.3 is 0 Å². The van der Waals surface area contributed by atoms with Crippen molar-refractivity contribution in [2.45, 2.75) is 12.8 Å². The van der Waals surface area contributed by atoms with Gasteiger partial charge in [0.25, 0.3) is 5.91 Å². The first-order valence-corrected chi connectivity index (χ1v) is 9.41. The number of amides is 1. The van der Waals surface area contributed by atoms with E-state index in [1.807, 2.05) is 42.5 Å². The number of rotatable bonds is 5. The van der Waals surface area contributed by atoms with Gasteiger partial charge in [-0.05, 0) is 41.8 Å². The zero-order valence-electron chi connectivity index (χ0n) is 16.3. The van der Waals surface area contributed by atoms with Crippen LogP contribution in [0.3, 0.4) is 0 Å². The molecule has 0 fully saturated rings. The Morgan fingerprint density at radius 2 is 1.66 bits per heavy atom. The van der Waals surface area contributed by atoms with Gasteiger partial charge in [-0.1, -0.05) is 36.4 Å². The Labute approximate surface area is 169 Å². The number of methoxy groups -OCH3 is 2. The van der Waals surface area contributed by atoms with E-state index in [0.717, 1.165) is 16.7 Å². The van der Waals surface area contributed by atoms with Gasteiger partial charge in [0.2, 0.25) is 0 Å². The maximum Gasteiger partial charge on any atom is 0.255 e. The third-order valence-electron chi connectivity index (χ3n) is 5.17. The van der Waals surface area contributed by atoms with E-state index in [1.54, 1.807) is 32.4 Å². The molecule has 0 unspecified atom stereocenters. The Bertz CT molecular complexity index is 1090. The number of nitrogens with one attached hydrogen (secondary N) is 1. The topological polar surface area (TPSA) is 64.6 Å². The minimum Gasteiger partial charge on any atom is -0.493 e. The van der Waals surface area contributed by atoms with Gasteiger partial charge in [0.1, 0.15) is 0 Å². The van der Waals surface area contributed by atoms with Crippen LogP contribution in [-0.4, -0.2) is 25.9 Å². The van der Waals surface area contributed by atoms with E-state index >= 15 is 0 Å². The van der Waals surface area contributed by atoms with Crippen LogP contribution in [0.1, 0.15) is 32.7 Å². The molecule has 1 N–H and O–H groups in total. The molecule has 0 saturated carbocycles. The predicted molar refractivity (Wildman–Crippen MR) is 112 cm³/mol. The Hall–Kier alpha value is -3.60. The Kier molecular flexibility index (Phi) is 5.04. The third kappa shape index (κ3) is 3.36. The molecule has 1 amide bonds. The maximum atomic E-state index is 12.7. The molecule has 1 aliphatic rings. The van der Waals surface area contributed by atoms with Crippen molar-refractivity contribution in [1.29, 1.82) is 0 Å². The predicted octanol–water partition coefficient (Wildman–Crippen LogP) is 4.75. The second-order valence-electron chi connectivity index (χ2n) is 6.80. The molecule has 4 rings (SSSR count). The highest BCUT2D eigenvalue weighted by Crippen LogP contribution is 2.43. The molecule has 0 bridgehead atoms. The maximum absolute atomic E-state index is 12.7. The molecule has 0 aliphatic heterocycles. The van der Waals surface area contributed by atoms with E-state index in [2.05, 4.69) is 5.32 Å². The van der Waals surface area contributed by atoms with E-state index in [9.17, 15) is 9.59 Å². The van der Waals surface area contributed by atoms with E-state index in [0.29, 0.717) is 41.2 Å². The lowest BCUT2D eigenvalue weighted by Gasteiger charge is -2.17. The van der Waals surface area contributed by atoms with Crippen molar-refractivity contribution >= 4 is 17.4 Å². The van der Waals surface area contributed by atoms with Crippen LogP contribution in [0.25, 0.3) is 11.1 Å². The monoisotopic (exact) mass is 387 g/mol. The van der Waals surface area contributed by atoms with Crippen LogP contribution in [-0.2, 0) is 6.42 Å². The summed E-state index contributed by atoms with van der Waals surface area (Å²) in [5.74, 6) is 1.05. The van der Waals surface area contributed by atoms with Crippen LogP contribution in [0, 0.1) is 0 Å². The molecule has 0 saturated heterocycles. The second kappa shape index (κ2) is 7.80. The highest BCUT2D eigenvalue weighted by molar-refractivity contribution is 6.12. The molecule has 3 aromatic carbocycles. The van der Waals surface area contributed by atoms with Crippen molar-refractivity contribution in [1.82, 2.24) is 0 Å². The number of anilines is 1. The van der Waals surface area contributed by atoms with Crippen molar-refractivity contribution in [2.75, 3.05) is 19.5 Å². The fourth-order valence-corrected chi connectivity index (χ4v) is 3.83. The number of benzene rings is 3. The summed E-state index contributed by atoms with van der Waals surface area (Å²) in [4.78, 5) is 25.3. The lowest BCUT2D eigenvalue weighted by molar-refractivity contribution is 0.0995. The molecular formula is C24H21NO4. The number of carbonyl (C=O) groups excluding carboxylic acids is 2.